The van der Waals surface area contributed by atoms with Gasteiger partial charge in [0, 0.05) is 6.20 Å². The van der Waals surface area contributed by atoms with E-state index in [0.29, 0.717) is 12.3 Å². The number of unbranched alkanes of at least 4 members (excludes halogenated alkanes) is 4. The van der Waals surface area contributed by atoms with Crippen LogP contribution in [-0.2, 0) is 4.74 Å². The monoisotopic (exact) mass is 409 g/mol. The summed E-state index contributed by atoms with van der Waals surface area (Å²) >= 11 is 0. The zero-order valence-electron chi connectivity index (χ0n) is 19.6. The van der Waals surface area contributed by atoms with E-state index in [1.807, 2.05) is 6.07 Å². The molecule has 0 unspecified atom stereocenters. The second-order valence-electron chi connectivity index (χ2n) is 9.18. The minimum Gasteiger partial charge on any atom is -0.461 e. The summed E-state index contributed by atoms with van der Waals surface area (Å²) in [6, 6.07) is 3.68. The van der Waals surface area contributed by atoms with Crippen molar-refractivity contribution in [1.82, 2.24) is 4.98 Å². The Labute approximate surface area is 183 Å². The van der Waals surface area contributed by atoms with Crippen molar-refractivity contribution in [3.8, 4) is 0 Å². The maximum absolute atomic E-state index is 12.1. The van der Waals surface area contributed by atoms with Crippen LogP contribution in [-0.4, -0.2) is 17.6 Å². The van der Waals surface area contributed by atoms with Crippen molar-refractivity contribution in [2.45, 2.75) is 86.0 Å². The van der Waals surface area contributed by atoms with E-state index in [1.54, 1.807) is 12.3 Å². The van der Waals surface area contributed by atoms with Gasteiger partial charge in [-0.15, -0.1) is 0 Å². The molecule has 1 aromatic heterocycles. The molecule has 3 nitrogen and oxygen atoms in total. The van der Waals surface area contributed by atoms with Crippen LogP contribution in [0, 0.1) is 5.41 Å². The first-order chi connectivity index (χ1) is 14.3. The van der Waals surface area contributed by atoms with Crippen LogP contribution in [0.5, 0.6) is 0 Å². The van der Waals surface area contributed by atoms with Gasteiger partial charge >= 0.3 is 5.97 Å². The fraction of sp³-hybridized carbons (Fsp3) is 0.556. The van der Waals surface area contributed by atoms with Gasteiger partial charge in [-0.05, 0) is 62.1 Å². The first kappa shape index (κ1) is 24.1. The highest BCUT2D eigenvalue weighted by atomic mass is 16.5. The molecule has 1 aliphatic rings. The van der Waals surface area contributed by atoms with Gasteiger partial charge in [0.25, 0.3) is 0 Å². The predicted molar refractivity (Wildman–Crippen MR) is 126 cm³/mol. The highest BCUT2D eigenvalue weighted by Gasteiger charge is 2.26. The van der Waals surface area contributed by atoms with Crippen LogP contribution in [0.4, 0.5) is 0 Å². The molecule has 0 spiro atoms. The Hall–Kier alpha value is -2.16. The van der Waals surface area contributed by atoms with Gasteiger partial charge in [-0.1, -0.05) is 81.9 Å². The smallest absolute Gasteiger partial charge is 0.356 e. The summed E-state index contributed by atoms with van der Waals surface area (Å²) in [4.78, 5) is 16.4. The van der Waals surface area contributed by atoms with Gasteiger partial charge in [-0.3, -0.25) is 0 Å². The number of allylic oxidation sites excluding steroid dienone is 5. The van der Waals surface area contributed by atoms with Crippen molar-refractivity contribution < 1.29 is 9.53 Å². The van der Waals surface area contributed by atoms with Gasteiger partial charge in [0.05, 0.1) is 6.61 Å². The fourth-order valence-electron chi connectivity index (χ4n) is 4.09. The number of pyridine rings is 1. The van der Waals surface area contributed by atoms with Crippen LogP contribution in [0.2, 0.25) is 0 Å². The lowest BCUT2D eigenvalue weighted by Crippen LogP contribution is -2.19. The summed E-state index contributed by atoms with van der Waals surface area (Å²) in [5, 5.41) is 0. The van der Waals surface area contributed by atoms with Crippen molar-refractivity contribution in [2.75, 3.05) is 6.61 Å². The van der Waals surface area contributed by atoms with Gasteiger partial charge in [0.2, 0.25) is 0 Å². The zero-order valence-corrected chi connectivity index (χ0v) is 19.6. The number of aromatic nitrogens is 1. The van der Waals surface area contributed by atoms with E-state index in [4.69, 9.17) is 4.74 Å². The first-order valence-corrected chi connectivity index (χ1v) is 11.5. The molecule has 1 aliphatic carbocycles. The standard InChI is InChI=1S/C27H39NO2/c1-6-7-8-9-10-18-30-26(29)25-16-14-23(20-28-25)19-21(2)13-15-24-22(3)12-11-17-27(24,4)5/h13-16,19-20H,6-12,17-18H2,1-5H3/b15-13?,21-19+. The largest absolute Gasteiger partial charge is 0.461 e. The molecule has 30 heavy (non-hydrogen) atoms. The second-order valence-corrected chi connectivity index (χ2v) is 9.18. The zero-order chi connectivity index (χ0) is 22.0. The molecule has 0 aliphatic heterocycles. The maximum atomic E-state index is 12.1. The Morgan fingerprint density at radius 2 is 1.97 bits per heavy atom. The lowest BCUT2D eigenvalue weighted by atomic mass is 9.72. The molecule has 3 heteroatoms. The number of ether oxygens (including phenoxy) is 1. The van der Waals surface area contributed by atoms with Crippen LogP contribution in [0.25, 0.3) is 6.08 Å². The topological polar surface area (TPSA) is 39.2 Å². The van der Waals surface area contributed by atoms with Crippen molar-refractivity contribution in [1.29, 1.82) is 0 Å². The maximum Gasteiger partial charge on any atom is 0.356 e. The number of esters is 1. The Bertz CT molecular complexity index is 782. The average molecular weight is 410 g/mol. The average Bonchev–Trinajstić information content (AvgIpc) is 2.70. The molecule has 0 saturated heterocycles. The molecule has 164 valence electrons. The SMILES string of the molecule is CCCCCCCOC(=O)c1ccc(/C=C(\C)C=CC2=C(C)CCCC2(C)C)cn1. The molecule has 0 saturated carbocycles. The second kappa shape index (κ2) is 11.9. The molecule has 0 radical (unpaired) electrons. The molecule has 0 bridgehead atoms. The van der Waals surface area contributed by atoms with Gasteiger partial charge in [0.1, 0.15) is 5.69 Å². The molecule has 0 atom stereocenters. The van der Waals surface area contributed by atoms with Crippen LogP contribution in [0.1, 0.15) is 102 Å². The van der Waals surface area contributed by atoms with E-state index in [9.17, 15) is 4.79 Å². The van der Waals surface area contributed by atoms with E-state index in [-0.39, 0.29) is 11.4 Å². The minimum atomic E-state index is -0.334. The summed E-state index contributed by atoms with van der Waals surface area (Å²) in [6.45, 7) is 11.7. The molecular weight excluding hydrogens is 370 g/mol. The molecule has 0 aromatic carbocycles. The van der Waals surface area contributed by atoms with E-state index in [0.717, 1.165) is 18.4 Å². The van der Waals surface area contributed by atoms with Crippen molar-refractivity contribution >= 4 is 12.0 Å². The van der Waals surface area contributed by atoms with Crippen molar-refractivity contribution in [3.05, 3.63) is 58.5 Å². The predicted octanol–water partition coefficient (Wildman–Crippen LogP) is 7.69. The Morgan fingerprint density at radius 1 is 1.20 bits per heavy atom. The van der Waals surface area contributed by atoms with Crippen LogP contribution in [0.15, 0.2) is 47.2 Å². The minimum absolute atomic E-state index is 0.249. The van der Waals surface area contributed by atoms with Crippen molar-refractivity contribution in [2.24, 2.45) is 5.41 Å². The molecule has 1 aromatic rings. The third-order valence-corrected chi connectivity index (χ3v) is 5.93. The summed E-state index contributed by atoms with van der Waals surface area (Å²) < 4.78 is 5.33. The molecule has 2 rings (SSSR count). The van der Waals surface area contributed by atoms with Crippen LogP contribution in [0.3, 0.4) is 0 Å². The Kier molecular flexibility index (Phi) is 9.55. The lowest BCUT2D eigenvalue weighted by Gasteiger charge is -2.32. The first-order valence-electron chi connectivity index (χ1n) is 11.5. The number of carbonyl (C=O) groups excluding carboxylic acids is 1. The number of nitrogens with zero attached hydrogens (tertiary/aromatic N) is 1. The Morgan fingerprint density at radius 3 is 2.63 bits per heavy atom. The third kappa shape index (κ3) is 7.59. The fourth-order valence-corrected chi connectivity index (χ4v) is 4.09. The molecular formula is C27H39NO2. The number of rotatable bonds is 10. The summed E-state index contributed by atoms with van der Waals surface area (Å²) in [5.41, 5.74) is 5.75. The van der Waals surface area contributed by atoms with E-state index >= 15 is 0 Å². The van der Waals surface area contributed by atoms with E-state index in [2.05, 4.69) is 57.8 Å². The highest BCUT2D eigenvalue weighted by molar-refractivity contribution is 5.87. The molecule has 0 amide bonds. The summed E-state index contributed by atoms with van der Waals surface area (Å²) in [5.74, 6) is -0.334. The van der Waals surface area contributed by atoms with E-state index < -0.39 is 0 Å². The molecule has 1 heterocycles. The number of hydrogen-bond donors (Lipinski definition) is 0. The van der Waals surface area contributed by atoms with Crippen molar-refractivity contribution in [3.63, 3.8) is 0 Å². The highest BCUT2D eigenvalue weighted by Crippen LogP contribution is 2.40. The van der Waals surface area contributed by atoms with Gasteiger partial charge in [-0.2, -0.15) is 0 Å². The summed E-state index contributed by atoms with van der Waals surface area (Å²) in [7, 11) is 0. The molecule has 0 N–H and O–H groups in total. The number of hydrogen-bond acceptors (Lipinski definition) is 3. The normalized spacial score (nSPS) is 16.9. The third-order valence-electron chi connectivity index (χ3n) is 5.93. The Balaban J connectivity index is 1.91. The van der Waals surface area contributed by atoms with Gasteiger partial charge < -0.3 is 4.74 Å². The van der Waals surface area contributed by atoms with Gasteiger partial charge in [0.15, 0.2) is 0 Å². The van der Waals surface area contributed by atoms with Gasteiger partial charge in [-0.25, -0.2) is 9.78 Å². The van der Waals surface area contributed by atoms with Crippen LogP contribution < -0.4 is 0 Å². The van der Waals surface area contributed by atoms with Crippen LogP contribution >= 0.6 is 0 Å². The summed E-state index contributed by atoms with van der Waals surface area (Å²) in [6.07, 6.45) is 17.7. The molecule has 0 fully saturated rings. The number of carbonyl (C=O) groups is 1. The lowest BCUT2D eigenvalue weighted by molar-refractivity contribution is 0.0491. The van der Waals surface area contributed by atoms with E-state index in [1.165, 1.54) is 55.2 Å². The quantitative estimate of drug-likeness (QED) is 0.226.